The van der Waals surface area contributed by atoms with Crippen LogP contribution >= 0.6 is 11.6 Å². The third kappa shape index (κ3) is 5.23. The van der Waals surface area contributed by atoms with Gasteiger partial charge in [0.1, 0.15) is 11.6 Å². The summed E-state index contributed by atoms with van der Waals surface area (Å²) in [5.74, 6) is -1.01. The normalized spacial score (nSPS) is 16.1. The number of ether oxygens (including phenoxy) is 2. The van der Waals surface area contributed by atoms with Crippen molar-refractivity contribution in [1.82, 2.24) is 4.31 Å². The molecule has 1 N–H and O–H groups in total. The zero-order chi connectivity index (χ0) is 26.9. The van der Waals surface area contributed by atoms with E-state index in [1.165, 1.54) is 45.6 Å². The summed E-state index contributed by atoms with van der Waals surface area (Å²) in [5.41, 5.74) is 1.12. The first kappa shape index (κ1) is 26.1. The highest BCUT2D eigenvalue weighted by Gasteiger charge is 2.29. The van der Waals surface area contributed by atoms with Gasteiger partial charge in [-0.15, -0.1) is 0 Å². The van der Waals surface area contributed by atoms with E-state index in [2.05, 4.69) is 5.32 Å². The summed E-state index contributed by atoms with van der Waals surface area (Å²) in [6, 6.07) is 14.7. The molecule has 0 aliphatic carbocycles. The van der Waals surface area contributed by atoms with Gasteiger partial charge in [0.05, 0.1) is 30.3 Å². The second-order valence-corrected chi connectivity index (χ2v) is 11.0. The van der Waals surface area contributed by atoms with Crippen molar-refractivity contribution >= 4 is 44.8 Å². The zero-order valence-corrected chi connectivity index (χ0v) is 21.6. The number of carbonyl (C=O) groups excluding carboxylic acids is 2. The van der Waals surface area contributed by atoms with Gasteiger partial charge in [0, 0.05) is 34.9 Å². The molecular formula is C26H23ClFN3O6S. The number of hydrogen-bond acceptors (Lipinski definition) is 6. The maximum atomic E-state index is 14.4. The van der Waals surface area contributed by atoms with Crippen molar-refractivity contribution in [2.45, 2.75) is 11.4 Å². The molecule has 0 spiro atoms. The zero-order valence-electron chi connectivity index (χ0n) is 20.0. The number of fused-ring (bicyclic) bond motifs is 1. The molecule has 0 aromatic heterocycles. The molecule has 3 aromatic rings. The first-order valence-electron chi connectivity index (χ1n) is 11.7. The van der Waals surface area contributed by atoms with Crippen LogP contribution in [0.2, 0.25) is 5.02 Å². The Morgan fingerprint density at radius 1 is 1.05 bits per heavy atom. The predicted octanol–water partition coefficient (Wildman–Crippen LogP) is 3.68. The van der Waals surface area contributed by atoms with Crippen molar-refractivity contribution in [2.75, 3.05) is 43.1 Å². The maximum absolute atomic E-state index is 14.4. The summed E-state index contributed by atoms with van der Waals surface area (Å²) in [7, 11) is -3.68. The van der Waals surface area contributed by atoms with Gasteiger partial charge in [-0.2, -0.15) is 4.31 Å². The molecule has 0 bridgehead atoms. The number of hydrogen-bond donors (Lipinski definition) is 1. The van der Waals surface area contributed by atoms with Crippen molar-refractivity contribution in [3.63, 3.8) is 0 Å². The minimum absolute atomic E-state index is 0.0860. The second kappa shape index (κ2) is 10.7. The van der Waals surface area contributed by atoms with Crippen LogP contribution in [0.3, 0.4) is 0 Å². The van der Waals surface area contributed by atoms with Crippen LogP contribution in [-0.2, 0) is 26.1 Å². The number of carbonyl (C=O) groups is 2. The summed E-state index contributed by atoms with van der Waals surface area (Å²) in [6.07, 6.45) is 0. The Morgan fingerprint density at radius 2 is 1.79 bits per heavy atom. The molecule has 2 heterocycles. The molecule has 0 saturated carbocycles. The van der Waals surface area contributed by atoms with E-state index < -0.39 is 27.7 Å². The molecule has 9 nitrogen and oxygen atoms in total. The number of nitrogens with one attached hydrogen (secondary N) is 1. The number of benzene rings is 3. The van der Waals surface area contributed by atoms with E-state index in [0.717, 1.165) is 0 Å². The fraction of sp³-hybridized carbons (Fsp3) is 0.231. The van der Waals surface area contributed by atoms with Crippen LogP contribution in [0.15, 0.2) is 65.6 Å². The molecule has 198 valence electrons. The van der Waals surface area contributed by atoms with Crippen molar-refractivity contribution in [1.29, 1.82) is 0 Å². The molecule has 1 saturated heterocycles. The van der Waals surface area contributed by atoms with E-state index in [0.29, 0.717) is 30.3 Å². The lowest BCUT2D eigenvalue weighted by Crippen LogP contribution is -2.40. The quantitative estimate of drug-likeness (QED) is 0.494. The highest BCUT2D eigenvalue weighted by molar-refractivity contribution is 7.89. The fourth-order valence-electron chi connectivity index (χ4n) is 4.21. The van der Waals surface area contributed by atoms with E-state index in [1.807, 2.05) is 0 Å². The number of amides is 2. The van der Waals surface area contributed by atoms with Gasteiger partial charge in [-0.25, -0.2) is 12.8 Å². The molecule has 38 heavy (non-hydrogen) atoms. The molecular weight excluding hydrogens is 537 g/mol. The van der Waals surface area contributed by atoms with Gasteiger partial charge in [0.15, 0.2) is 6.61 Å². The van der Waals surface area contributed by atoms with E-state index >= 15 is 0 Å². The number of rotatable bonds is 6. The van der Waals surface area contributed by atoms with Crippen LogP contribution in [0, 0.1) is 5.82 Å². The summed E-state index contributed by atoms with van der Waals surface area (Å²) in [6.45, 7) is 0.885. The standard InChI is InChI=1S/C26H23ClFN3O6S/c27-21-2-1-3-22(28)20(21)15-31-23-14-18(6-9-24(23)37-16-25(31)32)29-26(33)17-4-7-19(8-5-17)38(34,35)30-10-12-36-13-11-30/h1-9,14H,10-13,15-16H2,(H,29,33). The Hall–Kier alpha value is -3.51. The molecule has 1 fully saturated rings. The third-order valence-electron chi connectivity index (χ3n) is 6.26. The van der Waals surface area contributed by atoms with Crippen LogP contribution in [0.25, 0.3) is 0 Å². The van der Waals surface area contributed by atoms with E-state index in [4.69, 9.17) is 21.1 Å². The van der Waals surface area contributed by atoms with Crippen molar-refractivity contribution < 1.29 is 31.9 Å². The Labute approximate surface area is 223 Å². The molecule has 2 aliphatic rings. The van der Waals surface area contributed by atoms with Gasteiger partial charge in [-0.1, -0.05) is 17.7 Å². The van der Waals surface area contributed by atoms with Crippen LogP contribution in [0.5, 0.6) is 5.75 Å². The van der Waals surface area contributed by atoms with Gasteiger partial charge in [-0.3, -0.25) is 9.59 Å². The average Bonchev–Trinajstić information content (AvgIpc) is 2.92. The van der Waals surface area contributed by atoms with Gasteiger partial charge in [0.25, 0.3) is 11.8 Å². The van der Waals surface area contributed by atoms with E-state index in [-0.39, 0.29) is 47.3 Å². The van der Waals surface area contributed by atoms with Crippen molar-refractivity contribution in [3.05, 3.63) is 82.6 Å². The Kier molecular flexibility index (Phi) is 7.35. The molecule has 2 aliphatic heterocycles. The van der Waals surface area contributed by atoms with Crippen LogP contribution < -0.4 is 15.0 Å². The van der Waals surface area contributed by atoms with Gasteiger partial charge < -0.3 is 19.7 Å². The predicted molar refractivity (Wildman–Crippen MR) is 139 cm³/mol. The van der Waals surface area contributed by atoms with Crippen LogP contribution in [0.4, 0.5) is 15.8 Å². The topological polar surface area (TPSA) is 105 Å². The summed E-state index contributed by atoms with van der Waals surface area (Å²) < 4.78 is 52.1. The summed E-state index contributed by atoms with van der Waals surface area (Å²) in [5, 5.41) is 2.93. The lowest BCUT2D eigenvalue weighted by atomic mass is 10.1. The summed E-state index contributed by atoms with van der Waals surface area (Å²) >= 11 is 6.16. The number of halogens is 2. The number of anilines is 2. The smallest absolute Gasteiger partial charge is 0.265 e. The lowest BCUT2D eigenvalue weighted by molar-refractivity contribution is -0.121. The molecule has 0 atom stereocenters. The molecule has 12 heteroatoms. The SMILES string of the molecule is O=C(Nc1ccc2c(c1)N(Cc1c(F)cccc1Cl)C(=O)CO2)c1ccc(S(=O)(=O)N2CCOCC2)cc1. The van der Waals surface area contributed by atoms with E-state index in [9.17, 15) is 22.4 Å². The largest absolute Gasteiger partial charge is 0.482 e. The molecule has 0 unspecified atom stereocenters. The summed E-state index contributed by atoms with van der Waals surface area (Å²) in [4.78, 5) is 27.0. The average molecular weight is 560 g/mol. The van der Waals surface area contributed by atoms with Crippen LogP contribution in [0.1, 0.15) is 15.9 Å². The third-order valence-corrected chi connectivity index (χ3v) is 8.53. The second-order valence-electron chi connectivity index (χ2n) is 8.65. The minimum atomic E-state index is -3.68. The van der Waals surface area contributed by atoms with Crippen LogP contribution in [-0.4, -0.2) is 57.4 Å². The maximum Gasteiger partial charge on any atom is 0.265 e. The van der Waals surface area contributed by atoms with Crippen molar-refractivity contribution in [3.8, 4) is 5.75 Å². The Bertz CT molecular complexity index is 1470. The molecule has 3 aromatic carbocycles. The van der Waals surface area contributed by atoms with E-state index in [1.54, 1.807) is 24.3 Å². The highest BCUT2D eigenvalue weighted by Crippen LogP contribution is 2.36. The number of morpholine rings is 1. The first-order chi connectivity index (χ1) is 18.2. The Morgan fingerprint density at radius 3 is 2.50 bits per heavy atom. The fourth-order valence-corrected chi connectivity index (χ4v) is 5.84. The lowest BCUT2D eigenvalue weighted by Gasteiger charge is -2.30. The molecule has 2 amide bonds. The monoisotopic (exact) mass is 559 g/mol. The molecule has 0 radical (unpaired) electrons. The minimum Gasteiger partial charge on any atom is -0.482 e. The molecule has 5 rings (SSSR count). The van der Waals surface area contributed by atoms with Gasteiger partial charge in [-0.05, 0) is 54.6 Å². The Balaban J connectivity index is 1.34. The first-order valence-corrected chi connectivity index (χ1v) is 13.6. The highest BCUT2D eigenvalue weighted by atomic mass is 35.5. The number of sulfonamides is 1. The van der Waals surface area contributed by atoms with Crippen molar-refractivity contribution in [2.24, 2.45) is 0 Å². The van der Waals surface area contributed by atoms with Gasteiger partial charge in [0.2, 0.25) is 10.0 Å². The van der Waals surface area contributed by atoms with Gasteiger partial charge >= 0.3 is 0 Å². The number of nitrogens with zero attached hydrogens (tertiary/aromatic N) is 2.